The Bertz CT molecular complexity index is 483. The molecule has 2 aromatic rings. The summed E-state index contributed by atoms with van der Waals surface area (Å²) in [6.45, 7) is 1.16. The maximum atomic E-state index is 3.80. The third-order valence-electron chi connectivity index (χ3n) is 4.53. The Labute approximate surface area is 136 Å². The summed E-state index contributed by atoms with van der Waals surface area (Å²) in [5.41, 5.74) is 0. The van der Waals surface area contributed by atoms with Crippen molar-refractivity contribution in [3.8, 4) is 0 Å². The van der Waals surface area contributed by atoms with Crippen LogP contribution in [0.3, 0.4) is 0 Å². The lowest BCUT2D eigenvalue weighted by molar-refractivity contribution is 0.450. The molecule has 1 atom stereocenters. The first-order chi connectivity index (χ1) is 10.4. The van der Waals surface area contributed by atoms with E-state index in [0.29, 0.717) is 6.04 Å². The van der Waals surface area contributed by atoms with Crippen LogP contribution in [0.1, 0.15) is 54.3 Å². The summed E-state index contributed by atoms with van der Waals surface area (Å²) in [5, 5.41) is 8.17. The van der Waals surface area contributed by atoms with Gasteiger partial charge < -0.3 is 5.32 Å². The average Bonchev–Trinajstić information content (AvgIpc) is 3.25. The lowest BCUT2D eigenvalue weighted by Crippen LogP contribution is -2.23. The topological polar surface area (TPSA) is 12.0 Å². The number of hydrogen-bond donors (Lipinski definition) is 1. The Balaban J connectivity index is 1.47. The van der Waals surface area contributed by atoms with Crippen molar-refractivity contribution in [2.75, 3.05) is 6.54 Å². The Morgan fingerprint density at radius 1 is 1.10 bits per heavy atom. The van der Waals surface area contributed by atoms with Crippen molar-refractivity contribution in [2.45, 2.75) is 51.0 Å². The minimum atomic E-state index is 0.493. The molecule has 2 aromatic heterocycles. The fraction of sp³-hybridized carbons (Fsp3) is 0.556. The van der Waals surface area contributed by atoms with Gasteiger partial charge in [0.05, 0.1) is 0 Å². The fourth-order valence-electron chi connectivity index (χ4n) is 3.36. The largest absolute Gasteiger partial charge is 0.309 e. The minimum Gasteiger partial charge on any atom is -0.309 e. The average molecular weight is 320 g/mol. The molecule has 0 aliphatic heterocycles. The van der Waals surface area contributed by atoms with Crippen LogP contribution in [0.5, 0.6) is 0 Å². The Morgan fingerprint density at radius 2 is 1.90 bits per heavy atom. The second-order valence-electron chi connectivity index (χ2n) is 6.10. The first-order valence-corrected chi connectivity index (χ1v) is 9.97. The van der Waals surface area contributed by atoms with E-state index in [2.05, 4.69) is 40.3 Å². The van der Waals surface area contributed by atoms with Gasteiger partial charge in [-0.2, -0.15) is 0 Å². The smallest absolute Gasteiger partial charge is 0.0463 e. The molecule has 3 heteroatoms. The van der Waals surface area contributed by atoms with Crippen molar-refractivity contribution in [1.29, 1.82) is 0 Å². The molecular weight excluding hydrogens is 294 g/mol. The molecule has 1 unspecified atom stereocenters. The zero-order valence-electron chi connectivity index (χ0n) is 12.6. The lowest BCUT2D eigenvalue weighted by Gasteiger charge is -2.17. The molecule has 1 N–H and O–H groups in total. The molecule has 2 heterocycles. The van der Waals surface area contributed by atoms with Crippen LogP contribution in [0.15, 0.2) is 35.0 Å². The van der Waals surface area contributed by atoms with Crippen molar-refractivity contribution in [3.63, 3.8) is 0 Å². The van der Waals surface area contributed by atoms with E-state index in [4.69, 9.17) is 0 Å². The molecule has 0 radical (unpaired) electrons. The van der Waals surface area contributed by atoms with Gasteiger partial charge >= 0.3 is 0 Å². The molecule has 0 saturated heterocycles. The Kier molecular flexibility index (Phi) is 5.90. The minimum absolute atomic E-state index is 0.493. The molecule has 0 amide bonds. The number of thiophene rings is 2. The van der Waals surface area contributed by atoms with Crippen molar-refractivity contribution in [3.05, 3.63) is 44.8 Å². The monoisotopic (exact) mass is 319 g/mol. The van der Waals surface area contributed by atoms with E-state index in [1.165, 1.54) is 48.3 Å². The summed E-state index contributed by atoms with van der Waals surface area (Å²) in [5.74, 6) is 1.02. The highest BCUT2D eigenvalue weighted by Gasteiger charge is 2.16. The van der Waals surface area contributed by atoms with Crippen LogP contribution in [-0.2, 0) is 6.42 Å². The summed E-state index contributed by atoms with van der Waals surface area (Å²) in [7, 11) is 0. The van der Waals surface area contributed by atoms with E-state index < -0.39 is 0 Å². The highest BCUT2D eigenvalue weighted by atomic mass is 32.1. The van der Waals surface area contributed by atoms with Crippen molar-refractivity contribution in [2.24, 2.45) is 5.92 Å². The summed E-state index contributed by atoms with van der Waals surface area (Å²) in [6.07, 6.45) is 9.76. The summed E-state index contributed by atoms with van der Waals surface area (Å²) in [4.78, 5) is 2.96. The highest BCUT2D eigenvalue weighted by Crippen LogP contribution is 2.29. The van der Waals surface area contributed by atoms with Crippen molar-refractivity contribution < 1.29 is 0 Å². The van der Waals surface area contributed by atoms with Crippen LogP contribution >= 0.6 is 22.7 Å². The first kappa shape index (κ1) is 15.3. The van der Waals surface area contributed by atoms with E-state index in [9.17, 15) is 0 Å². The summed E-state index contributed by atoms with van der Waals surface area (Å²) >= 11 is 3.75. The molecule has 1 aliphatic rings. The molecule has 0 aromatic carbocycles. The van der Waals surface area contributed by atoms with E-state index in [0.717, 1.165) is 18.9 Å². The lowest BCUT2D eigenvalue weighted by atomic mass is 10.0. The molecule has 1 saturated carbocycles. The second kappa shape index (κ2) is 8.11. The van der Waals surface area contributed by atoms with E-state index in [1.807, 2.05) is 22.7 Å². The predicted molar refractivity (Wildman–Crippen MR) is 94.3 cm³/mol. The van der Waals surface area contributed by atoms with Gasteiger partial charge in [-0.05, 0) is 48.2 Å². The molecule has 21 heavy (non-hydrogen) atoms. The molecule has 1 fully saturated rings. The number of nitrogens with one attached hydrogen (secondary N) is 1. The second-order valence-corrected chi connectivity index (χ2v) is 8.11. The van der Waals surface area contributed by atoms with Crippen LogP contribution < -0.4 is 5.32 Å². The molecule has 1 aliphatic carbocycles. The maximum absolute atomic E-state index is 3.80. The van der Waals surface area contributed by atoms with Crippen molar-refractivity contribution >= 4 is 22.7 Å². The van der Waals surface area contributed by atoms with Gasteiger partial charge in [-0.3, -0.25) is 0 Å². The molecular formula is C18H25NS2. The van der Waals surface area contributed by atoms with Crippen molar-refractivity contribution in [1.82, 2.24) is 5.32 Å². The van der Waals surface area contributed by atoms with Gasteiger partial charge in [0.2, 0.25) is 0 Å². The van der Waals surface area contributed by atoms with Crippen LogP contribution in [-0.4, -0.2) is 6.54 Å². The zero-order valence-corrected chi connectivity index (χ0v) is 14.2. The predicted octanol–water partition coefficient (Wildman–Crippen LogP) is 5.65. The quantitative estimate of drug-likeness (QED) is 0.620. The fourth-order valence-corrected chi connectivity index (χ4v) is 4.91. The Hall–Kier alpha value is -0.640. The summed E-state index contributed by atoms with van der Waals surface area (Å²) in [6, 6.07) is 9.35. The van der Waals surface area contributed by atoms with E-state index in [-0.39, 0.29) is 0 Å². The van der Waals surface area contributed by atoms with Crippen LogP contribution in [0, 0.1) is 5.92 Å². The summed E-state index contributed by atoms with van der Waals surface area (Å²) < 4.78 is 0. The van der Waals surface area contributed by atoms with Gasteiger partial charge in [-0.1, -0.05) is 37.8 Å². The highest BCUT2D eigenvalue weighted by molar-refractivity contribution is 7.10. The van der Waals surface area contributed by atoms with Crippen LogP contribution in [0.2, 0.25) is 0 Å². The molecule has 3 rings (SSSR count). The van der Waals surface area contributed by atoms with Gasteiger partial charge in [-0.25, -0.2) is 0 Å². The van der Waals surface area contributed by atoms with Gasteiger partial charge in [-0.15, -0.1) is 22.7 Å². The first-order valence-electron chi connectivity index (χ1n) is 8.21. The third kappa shape index (κ3) is 4.67. The zero-order chi connectivity index (χ0) is 14.3. The maximum Gasteiger partial charge on any atom is 0.0463 e. The van der Waals surface area contributed by atoms with Gasteiger partial charge in [0.1, 0.15) is 0 Å². The van der Waals surface area contributed by atoms with E-state index in [1.54, 1.807) is 0 Å². The Morgan fingerprint density at radius 3 is 2.62 bits per heavy atom. The van der Waals surface area contributed by atoms with Crippen LogP contribution in [0.25, 0.3) is 0 Å². The molecule has 0 bridgehead atoms. The number of rotatable bonds is 8. The molecule has 114 valence electrons. The normalized spacial score (nSPS) is 17.3. The SMILES string of the molecule is c1csc(CC(NCCCC2CCCC2)c2cccs2)c1. The van der Waals surface area contributed by atoms with Crippen LogP contribution in [0.4, 0.5) is 0 Å². The molecule has 1 nitrogen and oxygen atoms in total. The standard InChI is InChI=1S/C18H25NS2/c1-2-7-15(6-1)8-3-11-19-17(18-10-5-13-21-18)14-16-9-4-12-20-16/h4-5,9-10,12-13,15,17,19H,1-3,6-8,11,14H2. The van der Waals surface area contributed by atoms with Gasteiger partial charge in [0.25, 0.3) is 0 Å². The molecule has 0 spiro atoms. The third-order valence-corrected chi connectivity index (χ3v) is 6.41. The van der Waals surface area contributed by atoms with Gasteiger partial charge in [0, 0.05) is 22.2 Å². The van der Waals surface area contributed by atoms with Gasteiger partial charge in [0.15, 0.2) is 0 Å². The number of hydrogen-bond acceptors (Lipinski definition) is 3. The van der Waals surface area contributed by atoms with E-state index >= 15 is 0 Å².